The van der Waals surface area contributed by atoms with Crippen molar-refractivity contribution >= 4 is 0 Å². The normalized spacial score (nSPS) is 24.8. The quantitative estimate of drug-likeness (QED) is 0.672. The summed E-state index contributed by atoms with van der Waals surface area (Å²) in [6, 6.07) is 10.7. The molecule has 0 aromatic heterocycles. The number of rotatable bonds is 10. The Morgan fingerprint density at radius 2 is 1.95 bits per heavy atom. The number of ether oxygens (including phenoxy) is 3. The molecule has 1 aromatic carbocycles. The third-order valence-corrected chi connectivity index (χ3v) is 3.81. The van der Waals surface area contributed by atoms with Gasteiger partial charge in [-0.25, -0.2) is 0 Å². The van der Waals surface area contributed by atoms with E-state index in [2.05, 4.69) is 24.4 Å². The fraction of sp³-hybridized carbons (Fsp3) is 0.647. The monoisotopic (exact) mass is 293 g/mol. The molecule has 4 heteroatoms. The highest BCUT2D eigenvalue weighted by Crippen LogP contribution is 2.28. The fourth-order valence-electron chi connectivity index (χ4n) is 2.54. The molecule has 1 aliphatic rings. The van der Waals surface area contributed by atoms with E-state index in [1.807, 2.05) is 18.2 Å². The summed E-state index contributed by atoms with van der Waals surface area (Å²) in [5.41, 5.74) is 1.21. The van der Waals surface area contributed by atoms with Gasteiger partial charge in [0.15, 0.2) is 0 Å². The maximum Gasteiger partial charge on any atom is 0.0991 e. The minimum Gasteiger partial charge on any atom is -0.382 e. The molecule has 0 saturated heterocycles. The summed E-state index contributed by atoms with van der Waals surface area (Å²) in [7, 11) is 1.69. The molecule has 1 fully saturated rings. The lowest BCUT2D eigenvalue weighted by atomic mass is 9.85. The summed E-state index contributed by atoms with van der Waals surface area (Å²) in [5.74, 6) is 0. The van der Waals surface area contributed by atoms with E-state index in [1.165, 1.54) is 5.56 Å². The molecule has 1 N–H and O–H groups in total. The van der Waals surface area contributed by atoms with Gasteiger partial charge >= 0.3 is 0 Å². The Hall–Kier alpha value is -0.940. The van der Waals surface area contributed by atoms with Gasteiger partial charge in [0.1, 0.15) is 0 Å². The summed E-state index contributed by atoms with van der Waals surface area (Å²) in [5, 5.41) is 3.53. The van der Waals surface area contributed by atoms with Crippen molar-refractivity contribution in [3.05, 3.63) is 35.9 Å². The van der Waals surface area contributed by atoms with Gasteiger partial charge in [0, 0.05) is 13.2 Å². The standard InChI is InChI=1S/C17H27NO3/c1-3-9-18-15-12-16(17(15)20-11-10-19-2)21-13-14-7-5-4-6-8-14/h4-8,15-18H,3,9-13H2,1-2H3. The van der Waals surface area contributed by atoms with Crippen molar-refractivity contribution in [2.75, 3.05) is 26.9 Å². The zero-order valence-electron chi connectivity index (χ0n) is 13.1. The Morgan fingerprint density at radius 3 is 2.67 bits per heavy atom. The van der Waals surface area contributed by atoms with Crippen molar-refractivity contribution in [2.24, 2.45) is 0 Å². The molecule has 21 heavy (non-hydrogen) atoms. The van der Waals surface area contributed by atoms with Crippen LogP contribution in [0.2, 0.25) is 0 Å². The lowest BCUT2D eigenvalue weighted by Crippen LogP contribution is -2.60. The van der Waals surface area contributed by atoms with Crippen molar-refractivity contribution < 1.29 is 14.2 Å². The van der Waals surface area contributed by atoms with Gasteiger partial charge in [-0.2, -0.15) is 0 Å². The summed E-state index contributed by atoms with van der Waals surface area (Å²) in [4.78, 5) is 0. The SMILES string of the molecule is CCCNC1CC(OCc2ccccc2)C1OCCOC. The Morgan fingerprint density at radius 1 is 1.14 bits per heavy atom. The zero-order chi connectivity index (χ0) is 14.9. The van der Waals surface area contributed by atoms with E-state index >= 15 is 0 Å². The van der Waals surface area contributed by atoms with Crippen molar-refractivity contribution in [1.82, 2.24) is 5.32 Å². The van der Waals surface area contributed by atoms with Crippen molar-refractivity contribution in [3.63, 3.8) is 0 Å². The summed E-state index contributed by atoms with van der Waals surface area (Å²) in [6.07, 6.45) is 2.47. The van der Waals surface area contributed by atoms with E-state index in [0.717, 1.165) is 19.4 Å². The van der Waals surface area contributed by atoms with Crippen LogP contribution in [0.25, 0.3) is 0 Å². The van der Waals surface area contributed by atoms with Crippen LogP contribution in [0, 0.1) is 0 Å². The van der Waals surface area contributed by atoms with Crippen LogP contribution in [0.3, 0.4) is 0 Å². The average Bonchev–Trinajstić information content (AvgIpc) is 2.51. The third kappa shape index (κ3) is 5.08. The Labute approximate surface area is 127 Å². The highest BCUT2D eigenvalue weighted by molar-refractivity contribution is 5.13. The first-order valence-electron chi connectivity index (χ1n) is 7.84. The number of benzene rings is 1. The van der Waals surface area contributed by atoms with Crippen LogP contribution in [0.5, 0.6) is 0 Å². The molecule has 2 rings (SSSR count). The molecule has 1 aromatic rings. The highest BCUT2D eigenvalue weighted by Gasteiger charge is 2.42. The first kappa shape index (κ1) is 16.4. The molecule has 4 nitrogen and oxygen atoms in total. The average molecular weight is 293 g/mol. The second kappa shape index (κ2) is 9.15. The Bertz CT molecular complexity index is 385. The van der Waals surface area contributed by atoms with Crippen LogP contribution in [0.15, 0.2) is 30.3 Å². The van der Waals surface area contributed by atoms with Crippen LogP contribution in [0.4, 0.5) is 0 Å². The molecule has 3 atom stereocenters. The van der Waals surface area contributed by atoms with Crippen LogP contribution in [-0.2, 0) is 20.8 Å². The Balaban J connectivity index is 1.77. The second-order valence-corrected chi connectivity index (χ2v) is 5.46. The summed E-state index contributed by atoms with van der Waals surface area (Å²) < 4.78 is 17.0. The lowest BCUT2D eigenvalue weighted by Gasteiger charge is -2.44. The summed E-state index contributed by atoms with van der Waals surface area (Å²) >= 11 is 0. The van der Waals surface area contributed by atoms with Gasteiger partial charge in [0.05, 0.1) is 32.0 Å². The molecule has 0 aliphatic heterocycles. The van der Waals surface area contributed by atoms with Gasteiger partial charge in [-0.1, -0.05) is 37.3 Å². The van der Waals surface area contributed by atoms with Gasteiger partial charge in [-0.05, 0) is 24.9 Å². The second-order valence-electron chi connectivity index (χ2n) is 5.46. The lowest BCUT2D eigenvalue weighted by molar-refractivity contribution is -0.156. The van der Waals surface area contributed by atoms with Gasteiger partial charge in [-0.15, -0.1) is 0 Å². The molecule has 1 aliphatic carbocycles. The largest absolute Gasteiger partial charge is 0.382 e. The maximum atomic E-state index is 6.01. The molecular weight excluding hydrogens is 266 g/mol. The maximum absolute atomic E-state index is 6.01. The fourth-order valence-corrected chi connectivity index (χ4v) is 2.54. The van der Waals surface area contributed by atoms with E-state index in [4.69, 9.17) is 14.2 Å². The van der Waals surface area contributed by atoms with Crippen molar-refractivity contribution in [1.29, 1.82) is 0 Å². The van der Waals surface area contributed by atoms with Crippen molar-refractivity contribution in [3.8, 4) is 0 Å². The highest BCUT2D eigenvalue weighted by atomic mass is 16.6. The molecular formula is C17H27NO3. The minimum absolute atomic E-state index is 0.135. The van der Waals surface area contributed by atoms with E-state index in [9.17, 15) is 0 Å². The van der Waals surface area contributed by atoms with Crippen LogP contribution in [0.1, 0.15) is 25.3 Å². The number of hydrogen-bond donors (Lipinski definition) is 1. The topological polar surface area (TPSA) is 39.7 Å². The molecule has 0 heterocycles. The first-order valence-corrected chi connectivity index (χ1v) is 7.84. The Kier molecular flexibility index (Phi) is 7.16. The smallest absolute Gasteiger partial charge is 0.0991 e. The van der Waals surface area contributed by atoms with Crippen molar-refractivity contribution in [2.45, 2.75) is 44.6 Å². The van der Waals surface area contributed by atoms with Gasteiger partial charge in [-0.3, -0.25) is 0 Å². The zero-order valence-corrected chi connectivity index (χ0v) is 13.1. The third-order valence-electron chi connectivity index (χ3n) is 3.81. The molecule has 0 radical (unpaired) electrons. The van der Waals surface area contributed by atoms with E-state index < -0.39 is 0 Å². The van der Waals surface area contributed by atoms with Gasteiger partial charge < -0.3 is 19.5 Å². The number of methoxy groups -OCH3 is 1. The molecule has 0 amide bonds. The first-order chi connectivity index (χ1) is 10.3. The predicted molar refractivity (Wildman–Crippen MR) is 83.3 cm³/mol. The number of hydrogen-bond acceptors (Lipinski definition) is 4. The van der Waals surface area contributed by atoms with E-state index in [1.54, 1.807) is 7.11 Å². The molecule has 0 bridgehead atoms. The predicted octanol–water partition coefficient (Wildman–Crippen LogP) is 2.38. The molecule has 1 saturated carbocycles. The van der Waals surface area contributed by atoms with E-state index in [0.29, 0.717) is 25.9 Å². The number of nitrogens with one attached hydrogen (secondary N) is 1. The van der Waals surface area contributed by atoms with Gasteiger partial charge in [0.2, 0.25) is 0 Å². The van der Waals surface area contributed by atoms with E-state index in [-0.39, 0.29) is 12.2 Å². The van der Waals surface area contributed by atoms with Crippen LogP contribution < -0.4 is 5.32 Å². The van der Waals surface area contributed by atoms with Crippen LogP contribution >= 0.6 is 0 Å². The molecule has 118 valence electrons. The molecule has 0 spiro atoms. The van der Waals surface area contributed by atoms with Gasteiger partial charge in [0.25, 0.3) is 0 Å². The van der Waals surface area contributed by atoms with Crippen LogP contribution in [-0.4, -0.2) is 45.1 Å². The summed E-state index contributed by atoms with van der Waals surface area (Å²) in [6.45, 7) is 5.10. The molecule has 3 unspecified atom stereocenters. The minimum atomic E-state index is 0.135.